The summed E-state index contributed by atoms with van der Waals surface area (Å²) in [6, 6.07) is 34.5. The number of aliphatic imine (C=N–C) groups is 1. The van der Waals surface area contributed by atoms with Crippen LogP contribution in [0.3, 0.4) is 0 Å². The van der Waals surface area contributed by atoms with Crippen LogP contribution in [-0.2, 0) is 0 Å². The van der Waals surface area contributed by atoms with Crippen molar-refractivity contribution in [3.63, 3.8) is 0 Å². The average Bonchev–Trinajstić information content (AvgIpc) is 3.75. The van der Waals surface area contributed by atoms with E-state index in [-0.39, 0.29) is 11.6 Å². The zero-order valence-corrected chi connectivity index (χ0v) is 23.6. The van der Waals surface area contributed by atoms with Crippen LogP contribution in [0.4, 0.5) is 8.78 Å². The number of halogens is 2. The van der Waals surface area contributed by atoms with E-state index in [4.69, 9.17) is 14.3 Å². The van der Waals surface area contributed by atoms with Gasteiger partial charge in [0.05, 0.1) is 10.7 Å². The fraction of sp³-hybridized carbons (Fsp3) is 0. The van der Waals surface area contributed by atoms with Crippen LogP contribution < -0.4 is 9.31 Å². The van der Waals surface area contributed by atoms with E-state index in [1.54, 1.807) is 24.3 Å². The number of rotatable bonds is 6. The lowest BCUT2D eigenvalue weighted by atomic mass is 9.98. The third-order valence-electron chi connectivity index (χ3n) is 6.66. The number of aromatic nitrogens is 1. The Labute approximate surface area is 250 Å². The molecule has 2 aliphatic rings. The quantitative estimate of drug-likeness (QED) is 0.185. The Morgan fingerprint density at radius 2 is 1.24 bits per heavy atom. The number of para-hydroxylation sites is 2. The van der Waals surface area contributed by atoms with Gasteiger partial charge in [0, 0.05) is 21.1 Å². The van der Waals surface area contributed by atoms with Gasteiger partial charge in [0.2, 0.25) is 0 Å². The van der Waals surface area contributed by atoms with Crippen LogP contribution in [0.15, 0.2) is 153 Å². The monoisotopic (exact) mass is 590 g/mol. The summed E-state index contributed by atoms with van der Waals surface area (Å²) in [5.74, 6) is 0.754. The fourth-order valence-electron chi connectivity index (χ4n) is 4.74. The highest BCUT2D eigenvalue weighted by Gasteiger charge is 2.39. The van der Waals surface area contributed by atoms with Crippen molar-refractivity contribution in [3.8, 4) is 11.5 Å². The first kappa shape index (κ1) is 26.4. The molecule has 0 bridgehead atoms. The lowest BCUT2D eigenvalue weighted by Crippen LogP contribution is -2.36. The lowest BCUT2D eigenvalue weighted by Gasteiger charge is -2.17. The highest BCUT2D eigenvalue weighted by atomic mass is 32.2. The Kier molecular flexibility index (Phi) is 7.19. The zero-order valence-electron chi connectivity index (χ0n) is 22.0. The third-order valence-corrected chi connectivity index (χ3v) is 8.65. The van der Waals surface area contributed by atoms with E-state index < -0.39 is 7.25 Å². The van der Waals surface area contributed by atoms with E-state index in [1.807, 2.05) is 83.4 Å². The van der Waals surface area contributed by atoms with Crippen LogP contribution in [0.5, 0.6) is 11.5 Å². The van der Waals surface area contributed by atoms with Crippen molar-refractivity contribution in [2.75, 3.05) is 0 Å². The van der Waals surface area contributed by atoms with E-state index in [2.05, 4.69) is 0 Å². The minimum atomic E-state index is -0.767. The molecular weight excluding hydrogens is 569 g/mol. The van der Waals surface area contributed by atoms with Gasteiger partial charge in [0.1, 0.15) is 28.2 Å². The molecule has 0 fully saturated rings. The second-order valence-electron chi connectivity index (χ2n) is 9.44. The van der Waals surface area contributed by atoms with E-state index >= 15 is 0 Å². The molecule has 5 aromatic rings. The van der Waals surface area contributed by atoms with Gasteiger partial charge in [-0.15, -0.1) is 0 Å². The molecule has 0 N–H and O–H groups in total. The maximum atomic E-state index is 13.7. The van der Waals surface area contributed by atoms with E-state index in [1.165, 1.54) is 47.8 Å². The summed E-state index contributed by atoms with van der Waals surface area (Å²) in [7, 11) is -0.767. The Bertz CT molecular complexity index is 1830. The van der Waals surface area contributed by atoms with Gasteiger partial charge in [0.15, 0.2) is 0 Å². The first-order valence-corrected chi connectivity index (χ1v) is 14.8. The first-order valence-electron chi connectivity index (χ1n) is 13.2. The summed E-state index contributed by atoms with van der Waals surface area (Å²) >= 11 is 2.97. The first-order chi connectivity index (χ1) is 20.6. The van der Waals surface area contributed by atoms with Crippen LogP contribution in [0.1, 0.15) is 11.3 Å². The molecule has 0 aliphatic carbocycles. The summed E-state index contributed by atoms with van der Waals surface area (Å²) in [6.45, 7) is 0. The van der Waals surface area contributed by atoms with Gasteiger partial charge < -0.3 is 13.8 Å². The van der Waals surface area contributed by atoms with Crippen molar-refractivity contribution in [3.05, 3.63) is 156 Å². The molecule has 0 saturated carbocycles. The second-order valence-corrected chi connectivity index (χ2v) is 11.6. The molecule has 0 atom stereocenters. The number of nitrogens with zero attached hydrogens (tertiary/aromatic N) is 2. The largest absolute Gasteiger partial charge is 0.743 e. The van der Waals surface area contributed by atoms with Crippen LogP contribution in [0.2, 0.25) is 0 Å². The maximum absolute atomic E-state index is 13.7. The Hall–Kier alpha value is -4.47. The predicted molar refractivity (Wildman–Crippen MR) is 165 cm³/mol. The van der Waals surface area contributed by atoms with Gasteiger partial charge in [0.25, 0.3) is 0 Å². The van der Waals surface area contributed by atoms with Gasteiger partial charge in [-0.2, -0.15) is 0 Å². The number of hydrogen-bond donors (Lipinski definition) is 0. The summed E-state index contributed by atoms with van der Waals surface area (Å²) < 4.78 is 41.7. The van der Waals surface area contributed by atoms with E-state index in [9.17, 15) is 8.78 Å². The van der Waals surface area contributed by atoms with Crippen molar-refractivity contribution in [2.45, 2.75) is 14.8 Å². The average molecular weight is 590 g/mol. The minimum absolute atomic E-state index is 0.274. The molecular formula is C33H21BF2N2O2S2. The Morgan fingerprint density at radius 1 is 0.643 bits per heavy atom. The van der Waals surface area contributed by atoms with Crippen molar-refractivity contribution >= 4 is 41.4 Å². The Balaban J connectivity index is 1.34. The standard InChI is InChI=1S/C33H21BF2N2O2S2/c35-23-10-14-25(15-11-23)41-31-20-18-27(37-31)33(22-6-2-1-3-7-22)28-19-21-32(42-26-16-12-24(36)13-17-26)38(28)34-39-29-8-4-5-9-30(29)40-34/h1-21H. The van der Waals surface area contributed by atoms with E-state index in [0.29, 0.717) is 11.5 Å². The van der Waals surface area contributed by atoms with Gasteiger partial charge >= 0.3 is 7.25 Å². The van der Waals surface area contributed by atoms with Gasteiger partial charge in [-0.3, -0.25) is 0 Å². The maximum Gasteiger partial charge on any atom is 0.743 e. The lowest BCUT2D eigenvalue weighted by molar-refractivity contribution is 0.473. The molecule has 1 aromatic heterocycles. The van der Waals surface area contributed by atoms with Crippen molar-refractivity contribution < 1.29 is 18.1 Å². The summed E-state index contributed by atoms with van der Waals surface area (Å²) in [4.78, 5) is 6.76. The predicted octanol–water partition coefficient (Wildman–Crippen LogP) is 8.74. The van der Waals surface area contributed by atoms with Crippen molar-refractivity contribution in [2.24, 2.45) is 4.99 Å². The molecule has 4 nitrogen and oxygen atoms in total. The third kappa shape index (κ3) is 5.41. The van der Waals surface area contributed by atoms with Crippen molar-refractivity contribution in [1.29, 1.82) is 0 Å². The fourth-order valence-corrected chi connectivity index (χ4v) is 6.47. The van der Waals surface area contributed by atoms with Crippen LogP contribution in [0.25, 0.3) is 5.57 Å². The normalized spacial score (nSPS) is 14.8. The van der Waals surface area contributed by atoms with Gasteiger partial charge in [-0.1, -0.05) is 66.0 Å². The highest BCUT2D eigenvalue weighted by molar-refractivity contribution is 8.14. The molecule has 0 radical (unpaired) electrons. The highest BCUT2D eigenvalue weighted by Crippen LogP contribution is 2.40. The topological polar surface area (TPSA) is 35.8 Å². The molecule has 9 heteroatoms. The molecule has 42 heavy (non-hydrogen) atoms. The van der Waals surface area contributed by atoms with Crippen LogP contribution >= 0.6 is 23.5 Å². The molecule has 0 spiro atoms. The molecule has 0 amide bonds. The van der Waals surface area contributed by atoms with E-state index in [0.717, 1.165) is 42.4 Å². The number of hydrogen-bond acceptors (Lipinski definition) is 5. The van der Waals surface area contributed by atoms with Crippen LogP contribution in [0, 0.1) is 11.6 Å². The Morgan fingerprint density at radius 3 is 1.88 bits per heavy atom. The zero-order chi connectivity index (χ0) is 28.5. The van der Waals surface area contributed by atoms with Crippen LogP contribution in [-0.4, -0.2) is 16.8 Å². The molecule has 3 heterocycles. The summed E-state index contributed by atoms with van der Waals surface area (Å²) in [6.07, 6.45) is 3.95. The van der Waals surface area contributed by atoms with Gasteiger partial charge in [-0.25, -0.2) is 13.8 Å². The number of fused-ring (bicyclic) bond motifs is 1. The molecule has 204 valence electrons. The number of benzene rings is 4. The molecule has 0 unspecified atom stereocenters. The second kappa shape index (κ2) is 11.4. The summed E-state index contributed by atoms with van der Waals surface area (Å²) in [5, 5.41) is 1.65. The smallest absolute Gasteiger partial charge is 0.503 e. The summed E-state index contributed by atoms with van der Waals surface area (Å²) in [5.41, 5.74) is 3.50. The molecule has 0 saturated heterocycles. The molecule has 2 aliphatic heterocycles. The van der Waals surface area contributed by atoms with Gasteiger partial charge in [-0.05, 0) is 90.5 Å². The number of allylic oxidation sites excluding steroid dienone is 1. The number of thioether (sulfide) groups is 1. The molecule has 7 rings (SSSR count). The SMILES string of the molecule is Fc1ccc(SC2=NC(=C(c3ccccc3)c3ccc(Sc4ccc(F)cc4)n3B3Oc4ccccc4O3)C=C2)cc1. The minimum Gasteiger partial charge on any atom is -0.503 e. The molecule has 4 aromatic carbocycles. The van der Waals surface area contributed by atoms with Crippen molar-refractivity contribution in [1.82, 2.24) is 4.48 Å².